The lowest BCUT2D eigenvalue weighted by atomic mass is 9.95. The summed E-state index contributed by atoms with van der Waals surface area (Å²) in [7, 11) is -3.68. The molecule has 2 aliphatic rings. The minimum Gasteiger partial charge on any atom is -0.356 e. The van der Waals surface area contributed by atoms with Crippen molar-refractivity contribution in [3.8, 4) is 0 Å². The number of carbonyl (C=O) groups is 2. The summed E-state index contributed by atoms with van der Waals surface area (Å²) >= 11 is 0. The molecule has 0 atom stereocenters. The van der Waals surface area contributed by atoms with Crippen molar-refractivity contribution in [3.63, 3.8) is 0 Å². The fourth-order valence-electron chi connectivity index (χ4n) is 3.27. The van der Waals surface area contributed by atoms with E-state index in [1.54, 1.807) is 12.1 Å². The Morgan fingerprint density at radius 1 is 1.04 bits per heavy atom. The third kappa shape index (κ3) is 4.82. The molecule has 1 heterocycles. The number of likely N-dealkylation sites (tertiary alicyclic amines) is 1. The Morgan fingerprint density at radius 2 is 1.65 bits per heavy atom. The zero-order chi connectivity index (χ0) is 18.7. The van der Waals surface area contributed by atoms with Crippen molar-refractivity contribution in [3.05, 3.63) is 29.8 Å². The fraction of sp³-hybridized carbons (Fsp3) is 0.556. The summed E-state index contributed by atoms with van der Waals surface area (Å²) in [5.41, 5.74) is 0.933. The topological polar surface area (TPSA) is 110 Å². The number of benzene rings is 1. The van der Waals surface area contributed by atoms with Gasteiger partial charge in [-0.25, -0.2) is 13.6 Å². The van der Waals surface area contributed by atoms with E-state index in [2.05, 4.69) is 5.32 Å². The van der Waals surface area contributed by atoms with Gasteiger partial charge in [-0.15, -0.1) is 0 Å². The lowest BCUT2D eigenvalue weighted by Crippen LogP contribution is -2.43. The number of hydrogen-bond acceptors (Lipinski definition) is 4. The maximum absolute atomic E-state index is 12.3. The van der Waals surface area contributed by atoms with Crippen molar-refractivity contribution in [1.29, 1.82) is 0 Å². The van der Waals surface area contributed by atoms with Crippen LogP contribution in [0.2, 0.25) is 0 Å². The molecule has 1 aromatic rings. The van der Waals surface area contributed by atoms with Crippen LogP contribution in [0.1, 0.15) is 31.2 Å². The molecule has 0 radical (unpaired) electrons. The second-order valence-corrected chi connectivity index (χ2v) is 8.67. The molecule has 26 heavy (non-hydrogen) atoms. The first-order valence-electron chi connectivity index (χ1n) is 9.03. The number of piperidine rings is 1. The van der Waals surface area contributed by atoms with E-state index < -0.39 is 10.0 Å². The summed E-state index contributed by atoms with van der Waals surface area (Å²) in [4.78, 5) is 26.3. The van der Waals surface area contributed by atoms with E-state index in [1.165, 1.54) is 12.1 Å². The van der Waals surface area contributed by atoms with Gasteiger partial charge in [0, 0.05) is 31.5 Å². The lowest BCUT2D eigenvalue weighted by Gasteiger charge is -2.31. The summed E-state index contributed by atoms with van der Waals surface area (Å²) in [5, 5.41) is 8.01. The van der Waals surface area contributed by atoms with Gasteiger partial charge in [0.1, 0.15) is 0 Å². The van der Waals surface area contributed by atoms with E-state index in [4.69, 9.17) is 5.14 Å². The summed E-state index contributed by atoms with van der Waals surface area (Å²) in [5.74, 6) is 0.487. The molecule has 2 amide bonds. The molecule has 2 fully saturated rings. The predicted octanol–water partition coefficient (Wildman–Crippen LogP) is 0.641. The van der Waals surface area contributed by atoms with E-state index in [0.717, 1.165) is 18.4 Å². The molecule has 1 aliphatic carbocycles. The van der Waals surface area contributed by atoms with E-state index in [9.17, 15) is 18.0 Å². The third-order valence-electron chi connectivity index (χ3n) is 5.07. The van der Waals surface area contributed by atoms with Crippen LogP contribution in [-0.2, 0) is 26.0 Å². The minimum atomic E-state index is -3.68. The molecule has 1 aromatic carbocycles. The van der Waals surface area contributed by atoms with Crippen LogP contribution in [0.15, 0.2) is 29.2 Å². The minimum absolute atomic E-state index is 0.0321. The Balaban J connectivity index is 1.40. The van der Waals surface area contributed by atoms with Crippen LogP contribution in [0.3, 0.4) is 0 Å². The molecule has 1 saturated carbocycles. The van der Waals surface area contributed by atoms with Crippen LogP contribution in [-0.4, -0.2) is 44.8 Å². The lowest BCUT2D eigenvalue weighted by molar-refractivity contribution is -0.136. The van der Waals surface area contributed by atoms with E-state index in [0.29, 0.717) is 38.9 Å². The first-order valence-corrected chi connectivity index (χ1v) is 10.6. The summed E-state index contributed by atoms with van der Waals surface area (Å²) < 4.78 is 22.4. The second kappa shape index (κ2) is 7.75. The molecule has 7 nitrogen and oxygen atoms in total. The molecule has 142 valence electrons. The summed E-state index contributed by atoms with van der Waals surface area (Å²) in [6.07, 6.45) is 4.07. The number of primary sulfonamides is 1. The third-order valence-corrected chi connectivity index (χ3v) is 6.00. The summed E-state index contributed by atoms with van der Waals surface area (Å²) in [6, 6.07) is 6.35. The van der Waals surface area contributed by atoms with E-state index in [1.807, 2.05) is 4.90 Å². The SMILES string of the molecule is NS(=O)(=O)c1ccc(CCNC(=O)C2CCN(C(=O)C3CC3)CC2)cc1. The van der Waals surface area contributed by atoms with Crippen molar-refractivity contribution in [2.75, 3.05) is 19.6 Å². The highest BCUT2D eigenvalue weighted by molar-refractivity contribution is 7.89. The van der Waals surface area contributed by atoms with Crippen LogP contribution >= 0.6 is 0 Å². The largest absolute Gasteiger partial charge is 0.356 e. The molecular formula is C18H25N3O4S. The van der Waals surface area contributed by atoms with Crippen LogP contribution < -0.4 is 10.5 Å². The second-order valence-electron chi connectivity index (χ2n) is 7.10. The van der Waals surface area contributed by atoms with Crippen LogP contribution in [0.5, 0.6) is 0 Å². The number of nitrogens with two attached hydrogens (primary N) is 1. The number of sulfonamides is 1. The number of nitrogens with one attached hydrogen (secondary N) is 1. The standard InChI is InChI=1S/C18H25N3O4S/c19-26(24,25)16-5-1-13(2-6-16)7-10-20-17(22)14-8-11-21(12-9-14)18(23)15-3-4-15/h1-2,5-6,14-15H,3-4,7-12H2,(H,20,22)(H2,19,24,25). The Bertz CT molecular complexity index is 764. The molecule has 8 heteroatoms. The highest BCUT2D eigenvalue weighted by Crippen LogP contribution is 2.32. The van der Waals surface area contributed by atoms with Gasteiger partial charge in [-0.3, -0.25) is 9.59 Å². The van der Waals surface area contributed by atoms with Gasteiger partial charge < -0.3 is 10.2 Å². The first kappa shape index (κ1) is 18.8. The maximum Gasteiger partial charge on any atom is 0.238 e. The normalized spacial score (nSPS) is 18.6. The fourth-order valence-corrected chi connectivity index (χ4v) is 3.79. The zero-order valence-corrected chi connectivity index (χ0v) is 15.5. The van der Waals surface area contributed by atoms with Crippen molar-refractivity contribution in [1.82, 2.24) is 10.2 Å². The number of rotatable bonds is 6. The van der Waals surface area contributed by atoms with Gasteiger partial charge in [-0.05, 0) is 49.8 Å². The molecule has 3 N–H and O–H groups in total. The number of hydrogen-bond donors (Lipinski definition) is 2. The van der Waals surface area contributed by atoms with E-state index >= 15 is 0 Å². The van der Waals surface area contributed by atoms with Gasteiger partial charge in [-0.1, -0.05) is 12.1 Å². The van der Waals surface area contributed by atoms with Gasteiger partial charge in [0.05, 0.1) is 4.90 Å². The van der Waals surface area contributed by atoms with Gasteiger partial charge in [-0.2, -0.15) is 0 Å². The van der Waals surface area contributed by atoms with Crippen molar-refractivity contribution in [2.24, 2.45) is 17.0 Å². The molecule has 1 saturated heterocycles. The van der Waals surface area contributed by atoms with Crippen LogP contribution in [0.25, 0.3) is 0 Å². The quantitative estimate of drug-likeness (QED) is 0.756. The average molecular weight is 379 g/mol. The Hall–Kier alpha value is -1.93. The maximum atomic E-state index is 12.3. The number of amides is 2. The van der Waals surface area contributed by atoms with Crippen molar-refractivity contribution < 1.29 is 18.0 Å². The Morgan fingerprint density at radius 3 is 2.19 bits per heavy atom. The monoisotopic (exact) mass is 379 g/mol. The highest BCUT2D eigenvalue weighted by atomic mass is 32.2. The zero-order valence-electron chi connectivity index (χ0n) is 14.7. The molecule has 0 bridgehead atoms. The highest BCUT2D eigenvalue weighted by Gasteiger charge is 2.35. The summed E-state index contributed by atoms with van der Waals surface area (Å²) in [6.45, 7) is 1.83. The molecular weight excluding hydrogens is 354 g/mol. The van der Waals surface area contributed by atoms with Crippen molar-refractivity contribution >= 4 is 21.8 Å². The molecule has 1 aliphatic heterocycles. The Kier molecular flexibility index (Phi) is 5.62. The van der Waals surface area contributed by atoms with Crippen LogP contribution in [0, 0.1) is 11.8 Å². The van der Waals surface area contributed by atoms with Gasteiger partial charge in [0.15, 0.2) is 0 Å². The molecule has 0 spiro atoms. The Labute approximate surface area is 154 Å². The number of nitrogens with zero attached hydrogens (tertiary/aromatic N) is 1. The van der Waals surface area contributed by atoms with E-state index in [-0.39, 0.29) is 28.5 Å². The van der Waals surface area contributed by atoms with Gasteiger partial charge in [0.2, 0.25) is 21.8 Å². The first-order chi connectivity index (χ1) is 12.3. The molecule has 0 aromatic heterocycles. The van der Waals surface area contributed by atoms with Gasteiger partial charge >= 0.3 is 0 Å². The van der Waals surface area contributed by atoms with Crippen LogP contribution in [0.4, 0.5) is 0 Å². The molecule has 3 rings (SSSR count). The number of carbonyl (C=O) groups excluding carboxylic acids is 2. The average Bonchev–Trinajstić information content (AvgIpc) is 3.46. The smallest absolute Gasteiger partial charge is 0.238 e. The van der Waals surface area contributed by atoms with Crippen molar-refractivity contribution in [2.45, 2.75) is 37.0 Å². The van der Waals surface area contributed by atoms with Gasteiger partial charge in [0.25, 0.3) is 0 Å². The predicted molar refractivity (Wildman–Crippen MR) is 96.6 cm³/mol. The molecule has 0 unspecified atom stereocenters.